The van der Waals surface area contributed by atoms with Crippen LogP contribution in [-0.4, -0.2) is 30.2 Å². The summed E-state index contributed by atoms with van der Waals surface area (Å²) in [5, 5.41) is 9.66. The Kier molecular flexibility index (Phi) is 4.49. The van der Waals surface area contributed by atoms with Gasteiger partial charge in [0.25, 0.3) is 0 Å². The number of esters is 1. The number of ether oxygens (including phenoxy) is 1. The van der Waals surface area contributed by atoms with Gasteiger partial charge in [-0.25, -0.2) is 9.59 Å². The summed E-state index contributed by atoms with van der Waals surface area (Å²) in [6.07, 6.45) is 0.495. The molecule has 0 radical (unpaired) electrons. The molecule has 1 atom stereocenters. The van der Waals surface area contributed by atoms with Crippen LogP contribution in [0.1, 0.15) is 32.6 Å². The topological polar surface area (TPSA) is 66.8 Å². The normalized spacial score (nSPS) is 15.8. The van der Waals surface area contributed by atoms with E-state index in [1.165, 1.54) is 7.11 Å². The summed E-state index contributed by atoms with van der Waals surface area (Å²) >= 11 is 0. The SMILES string of the molecule is COC(=O)c1cccc(CN2c3ccc(C)c(C)c3CC2C(=O)O)c1. The number of benzene rings is 2. The van der Waals surface area contributed by atoms with Crippen molar-refractivity contribution in [3.63, 3.8) is 0 Å². The average Bonchev–Trinajstić information content (AvgIpc) is 2.97. The molecule has 2 aromatic rings. The Balaban J connectivity index is 1.97. The smallest absolute Gasteiger partial charge is 0.337 e. The van der Waals surface area contributed by atoms with Crippen LogP contribution >= 0.6 is 0 Å². The molecule has 130 valence electrons. The zero-order chi connectivity index (χ0) is 18.1. The van der Waals surface area contributed by atoms with Gasteiger partial charge in [0.1, 0.15) is 6.04 Å². The number of anilines is 1. The molecular formula is C20H21NO4. The summed E-state index contributed by atoms with van der Waals surface area (Å²) in [5.41, 5.74) is 5.70. The van der Waals surface area contributed by atoms with Gasteiger partial charge in [0.15, 0.2) is 0 Å². The summed E-state index contributed by atoms with van der Waals surface area (Å²) in [6, 6.07) is 10.5. The molecule has 0 aliphatic carbocycles. The highest BCUT2D eigenvalue weighted by molar-refractivity contribution is 5.89. The van der Waals surface area contributed by atoms with E-state index in [9.17, 15) is 14.7 Å². The van der Waals surface area contributed by atoms with Gasteiger partial charge in [-0.15, -0.1) is 0 Å². The number of fused-ring (bicyclic) bond motifs is 1. The fourth-order valence-corrected chi connectivity index (χ4v) is 3.39. The summed E-state index contributed by atoms with van der Waals surface area (Å²) in [7, 11) is 1.34. The predicted octanol–water partition coefficient (Wildman–Crippen LogP) is 3.11. The molecule has 5 heteroatoms. The monoisotopic (exact) mass is 339 g/mol. The molecule has 0 amide bonds. The molecule has 0 fully saturated rings. The quantitative estimate of drug-likeness (QED) is 0.867. The largest absolute Gasteiger partial charge is 0.480 e. The molecule has 3 rings (SSSR count). The third kappa shape index (κ3) is 3.09. The Labute approximate surface area is 146 Å². The van der Waals surface area contributed by atoms with Gasteiger partial charge in [0.05, 0.1) is 12.7 Å². The molecule has 2 aromatic carbocycles. The minimum Gasteiger partial charge on any atom is -0.480 e. The molecule has 1 heterocycles. The van der Waals surface area contributed by atoms with Crippen molar-refractivity contribution >= 4 is 17.6 Å². The van der Waals surface area contributed by atoms with Crippen molar-refractivity contribution < 1.29 is 19.4 Å². The van der Waals surface area contributed by atoms with Crippen LogP contribution in [0, 0.1) is 13.8 Å². The zero-order valence-corrected chi connectivity index (χ0v) is 14.6. The molecule has 25 heavy (non-hydrogen) atoms. The summed E-state index contributed by atoms with van der Waals surface area (Å²) in [6.45, 7) is 4.50. The number of carbonyl (C=O) groups excluding carboxylic acids is 1. The number of carboxylic acids is 1. The number of aryl methyl sites for hydroxylation is 1. The number of carboxylic acid groups (broad SMARTS) is 1. The van der Waals surface area contributed by atoms with E-state index in [0.29, 0.717) is 18.5 Å². The third-order valence-corrected chi connectivity index (χ3v) is 4.91. The number of nitrogens with zero attached hydrogens (tertiary/aromatic N) is 1. The van der Waals surface area contributed by atoms with Crippen molar-refractivity contribution in [1.29, 1.82) is 0 Å². The first kappa shape index (κ1) is 17.0. The van der Waals surface area contributed by atoms with Crippen LogP contribution in [0.2, 0.25) is 0 Å². The fraction of sp³-hybridized carbons (Fsp3) is 0.300. The zero-order valence-electron chi connectivity index (χ0n) is 14.6. The molecule has 0 aromatic heterocycles. The van der Waals surface area contributed by atoms with Crippen LogP contribution in [0.3, 0.4) is 0 Å². The first-order chi connectivity index (χ1) is 11.9. The third-order valence-electron chi connectivity index (χ3n) is 4.91. The molecule has 0 spiro atoms. The lowest BCUT2D eigenvalue weighted by atomic mass is 10.00. The summed E-state index contributed by atoms with van der Waals surface area (Å²) in [4.78, 5) is 25.4. The van der Waals surface area contributed by atoms with E-state index in [-0.39, 0.29) is 0 Å². The van der Waals surface area contributed by atoms with Crippen LogP contribution < -0.4 is 4.90 Å². The van der Waals surface area contributed by atoms with Gasteiger partial charge in [0.2, 0.25) is 0 Å². The van der Waals surface area contributed by atoms with Crippen LogP contribution in [0.25, 0.3) is 0 Å². The molecule has 1 N–H and O–H groups in total. The minimum absolute atomic E-state index is 0.398. The Bertz CT molecular complexity index is 844. The Morgan fingerprint density at radius 1 is 1.24 bits per heavy atom. The van der Waals surface area contributed by atoms with Gasteiger partial charge in [-0.05, 0) is 54.3 Å². The van der Waals surface area contributed by atoms with Crippen LogP contribution in [0.4, 0.5) is 5.69 Å². The molecule has 1 aliphatic rings. The molecular weight excluding hydrogens is 318 g/mol. The highest BCUT2D eigenvalue weighted by atomic mass is 16.5. The number of hydrogen-bond acceptors (Lipinski definition) is 4. The van der Waals surface area contributed by atoms with Gasteiger partial charge in [-0.3, -0.25) is 0 Å². The molecule has 0 saturated heterocycles. The Hall–Kier alpha value is -2.82. The molecule has 0 saturated carbocycles. The second-order valence-electron chi connectivity index (χ2n) is 6.38. The van der Waals surface area contributed by atoms with E-state index in [0.717, 1.165) is 27.9 Å². The highest BCUT2D eigenvalue weighted by Gasteiger charge is 2.35. The van der Waals surface area contributed by atoms with E-state index in [2.05, 4.69) is 0 Å². The van der Waals surface area contributed by atoms with Crippen molar-refractivity contribution in [2.24, 2.45) is 0 Å². The van der Waals surface area contributed by atoms with Crippen LogP contribution in [0.5, 0.6) is 0 Å². The maximum absolute atomic E-state index is 11.8. The Morgan fingerprint density at radius 2 is 2.00 bits per heavy atom. The summed E-state index contributed by atoms with van der Waals surface area (Å²) in [5.74, 6) is -1.23. The van der Waals surface area contributed by atoms with Crippen molar-refractivity contribution in [3.05, 3.63) is 64.2 Å². The number of rotatable bonds is 4. The minimum atomic E-state index is -0.836. The number of carbonyl (C=O) groups is 2. The molecule has 1 unspecified atom stereocenters. The molecule has 5 nitrogen and oxygen atoms in total. The lowest BCUT2D eigenvalue weighted by molar-refractivity contribution is -0.138. The van der Waals surface area contributed by atoms with Crippen LogP contribution in [-0.2, 0) is 22.5 Å². The maximum atomic E-state index is 11.8. The maximum Gasteiger partial charge on any atom is 0.337 e. The first-order valence-corrected chi connectivity index (χ1v) is 8.18. The lowest BCUT2D eigenvalue weighted by Gasteiger charge is -2.25. The lowest BCUT2D eigenvalue weighted by Crippen LogP contribution is -2.38. The number of hydrogen-bond donors (Lipinski definition) is 1. The second kappa shape index (κ2) is 6.59. The van der Waals surface area contributed by atoms with E-state index in [1.807, 2.05) is 36.9 Å². The number of aliphatic carboxylic acids is 1. The summed E-state index contributed by atoms with van der Waals surface area (Å²) < 4.78 is 4.76. The first-order valence-electron chi connectivity index (χ1n) is 8.18. The van der Waals surface area contributed by atoms with E-state index < -0.39 is 18.0 Å². The van der Waals surface area contributed by atoms with Crippen LogP contribution in [0.15, 0.2) is 36.4 Å². The van der Waals surface area contributed by atoms with Gasteiger partial charge < -0.3 is 14.7 Å². The van der Waals surface area contributed by atoms with Gasteiger partial charge in [-0.2, -0.15) is 0 Å². The van der Waals surface area contributed by atoms with E-state index in [4.69, 9.17) is 4.74 Å². The standard InChI is InChI=1S/C20H21NO4/c1-12-7-8-17-16(13(12)2)10-18(19(22)23)21(17)11-14-5-4-6-15(9-14)20(24)25-3/h4-9,18H,10-11H2,1-3H3,(H,22,23). The predicted molar refractivity (Wildman–Crippen MR) is 95.0 cm³/mol. The fourth-order valence-electron chi connectivity index (χ4n) is 3.39. The average molecular weight is 339 g/mol. The molecule has 0 bridgehead atoms. The van der Waals surface area contributed by atoms with Gasteiger partial charge in [-0.1, -0.05) is 18.2 Å². The number of methoxy groups -OCH3 is 1. The van der Waals surface area contributed by atoms with Gasteiger partial charge in [0, 0.05) is 18.7 Å². The molecule has 1 aliphatic heterocycles. The second-order valence-corrected chi connectivity index (χ2v) is 6.38. The van der Waals surface area contributed by atoms with E-state index in [1.54, 1.807) is 18.2 Å². The van der Waals surface area contributed by atoms with Crippen molar-refractivity contribution in [2.45, 2.75) is 32.9 Å². The van der Waals surface area contributed by atoms with Gasteiger partial charge >= 0.3 is 11.9 Å². The van der Waals surface area contributed by atoms with Crippen molar-refractivity contribution in [3.8, 4) is 0 Å². The Morgan fingerprint density at radius 3 is 2.68 bits per heavy atom. The van der Waals surface area contributed by atoms with E-state index >= 15 is 0 Å². The van der Waals surface area contributed by atoms with Crippen molar-refractivity contribution in [1.82, 2.24) is 0 Å². The van der Waals surface area contributed by atoms with Crippen molar-refractivity contribution in [2.75, 3.05) is 12.0 Å². The highest BCUT2D eigenvalue weighted by Crippen LogP contribution is 2.37.